The third-order valence-electron chi connectivity index (χ3n) is 1.60. The molecular formula is C9H13BrN2O. The number of aromatic nitrogens is 1. The Morgan fingerprint density at radius 3 is 2.85 bits per heavy atom. The first kappa shape index (κ1) is 10.5. The smallest absolute Gasteiger partial charge is 0.126 e. The fraction of sp³-hybridized carbons (Fsp3) is 0.444. The fourth-order valence-electron chi connectivity index (χ4n) is 0.895. The third-order valence-corrected chi connectivity index (χ3v) is 2.44. The van der Waals surface area contributed by atoms with E-state index in [0.717, 1.165) is 16.0 Å². The van der Waals surface area contributed by atoms with Crippen LogP contribution >= 0.6 is 15.9 Å². The number of anilines is 1. The summed E-state index contributed by atoms with van der Waals surface area (Å²) in [5.41, 5.74) is 0.940. The maximum atomic E-state index is 9.04. The van der Waals surface area contributed by atoms with E-state index in [2.05, 4.69) is 26.2 Å². The standard InChI is InChI=1S/C9H13BrN2O/c1-6(13)5-11-9-4-3-8(10)7(2)12-9/h3-4,6,13H,5H2,1-2H3,(H,11,12)/t6-/m1/s1. The van der Waals surface area contributed by atoms with E-state index in [1.807, 2.05) is 19.1 Å². The summed E-state index contributed by atoms with van der Waals surface area (Å²) in [6, 6.07) is 3.81. The van der Waals surface area contributed by atoms with Gasteiger partial charge in [-0.3, -0.25) is 0 Å². The van der Waals surface area contributed by atoms with Gasteiger partial charge in [-0.2, -0.15) is 0 Å². The molecule has 0 saturated carbocycles. The number of halogens is 1. The molecule has 1 rings (SSSR count). The largest absolute Gasteiger partial charge is 0.392 e. The molecule has 0 aliphatic heterocycles. The van der Waals surface area contributed by atoms with E-state index >= 15 is 0 Å². The molecule has 0 amide bonds. The number of rotatable bonds is 3. The van der Waals surface area contributed by atoms with Crippen molar-refractivity contribution < 1.29 is 5.11 Å². The minimum atomic E-state index is -0.356. The zero-order chi connectivity index (χ0) is 9.84. The van der Waals surface area contributed by atoms with E-state index in [0.29, 0.717) is 6.54 Å². The van der Waals surface area contributed by atoms with Gasteiger partial charge >= 0.3 is 0 Å². The molecule has 4 heteroatoms. The summed E-state index contributed by atoms with van der Waals surface area (Å²) in [4.78, 5) is 4.28. The second-order valence-corrected chi connectivity index (χ2v) is 3.85. The van der Waals surface area contributed by atoms with Crippen LogP contribution in [0.15, 0.2) is 16.6 Å². The zero-order valence-corrected chi connectivity index (χ0v) is 9.30. The van der Waals surface area contributed by atoms with Crippen molar-refractivity contribution in [3.63, 3.8) is 0 Å². The van der Waals surface area contributed by atoms with E-state index in [1.54, 1.807) is 6.92 Å². The SMILES string of the molecule is Cc1nc(NC[C@@H](C)O)ccc1Br. The molecule has 0 aliphatic rings. The summed E-state index contributed by atoms with van der Waals surface area (Å²) in [6.45, 7) is 4.18. The molecule has 0 radical (unpaired) electrons. The number of pyridine rings is 1. The van der Waals surface area contributed by atoms with Gasteiger partial charge in [0.05, 0.1) is 11.8 Å². The Labute approximate surface area is 86.3 Å². The Kier molecular flexibility index (Phi) is 3.69. The summed E-state index contributed by atoms with van der Waals surface area (Å²) < 4.78 is 0.995. The first-order valence-electron chi connectivity index (χ1n) is 4.14. The highest BCUT2D eigenvalue weighted by atomic mass is 79.9. The third kappa shape index (κ3) is 3.32. The van der Waals surface area contributed by atoms with E-state index in [9.17, 15) is 0 Å². The molecule has 0 aromatic carbocycles. The lowest BCUT2D eigenvalue weighted by Crippen LogP contribution is -2.16. The van der Waals surface area contributed by atoms with Crippen LogP contribution in [0, 0.1) is 6.92 Å². The highest BCUT2D eigenvalue weighted by molar-refractivity contribution is 9.10. The topological polar surface area (TPSA) is 45.2 Å². The van der Waals surface area contributed by atoms with Crippen LogP contribution in [0.2, 0.25) is 0 Å². The van der Waals surface area contributed by atoms with Crippen LogP contribution in [-0.2, 0) is 0 Å². The van der Waals surface area contributed by atoms with Crippen molar-refractivity contribution in [3.8, 4) is 0 Å². The predicted octanol–water partition coefficient (Wildman–Crippen LogP) is 1.95. The van der Waals surface area contributed by atoms with Crippen molar-refractivity contribution in [3.05, 3.63) is 22.3 Å². The van der Waals surface area contributed by atoms with Crippen molar-refractivity contribution in [1.29, 1.82) is 0 Å². The van der Waals surface area contributed by atoms with Gasteiger partial charge in [0.25, 0.3) is 0 Å². The molecule has 72 valence electrons. The normalized spacial score (nSPS) is 12.6. The number of hydrogen-bond acceptors (Lipinski definition) is 3. The molecular weight excluding hydrogens is 232 g/mol. The highest BCUT2D eigenvalue weighted by Gasteiger charge is 1.99. The van der Waals surface area contributed by atoms with E-state index in [4.69, 9.17) is 5.11 Å². The molecule has 1 aromatic heterocycles. The Morgan fingerprint density at radius 2 is 2.31 bits per heavy atom. The molecule has 0 saturated heterocycles. The summed E-state index contributed by atoms with van der Waals surface area (Å²) in [6.07, 6.45) is -0.356. The van der Waals surface area contributed by atoms with Crippen molar-refractivity contribution >= 4 is 21.7 Å². The minimum absolute atomic E-state index is 0.356. The van der Waals surface area contributed by atoms with Crippen LogP contribution in [-0.4, -0.2) is 22.7 Å². The van der Waals surface area contributed by atoms with Crippen molar-refractivity contribution in [1.82, 2.24) is 4.98 Å². The van der Waals surface area contributed by atoms with Gasteiger partial charge in [-0.05, 0) is 41.9 Å². The quantitative estimate of drug-likeness (QED) is 0.855. The number of nitrogens with one attached hydrogen (secondary N) is 1. The average molecular weight is 245 g/mol. The van der Waals surface area contributed by atoms with Crippen LogP contribution in [0.5, 0.6) is 0 Å². The number of nitrogens with zero attached hydrogens (tertiary/aromatic N) is 1. The first-order valence-corrected chi connectivity index (χ1v) is 4.94. The lowest BCUT2D eigenvalue weighted by molar-refractivity contribution is 0.208. The van der Waals surface area contributed by atoms with E-state index in [-0.39, 0.29) is 6.10 Å². The average Bonchev–Trinajstić information content (AvgIpc) is 2.07. The second-order valence-electron chi connectivity index (χ2n) is 2.99. The molecule has 0 spiro atoms. The van der Waals surface area contributed by atoms with Crippen LogP contribution in [0.3, 0.4) is 0 Å². The second kappa shape index (κ2) is 4.58. The van der Waals surface area contributed by atoms with Crippen molar-refractivity contribution in [2.24, 2.45) is 0 Å². The van der Waals surface area contributed by atoms with Crippen LogP contribution in [0.25, 0.3) is 0 Å². The van der Waals surface area contributed by atoms with Gasteiger partial charge in [0.15, 0.2) is 0 Å². The Balaban J connectivity index is 2.63. The zero-order valence-electron chi connectivity index (χ0n) is 7.71. The maximum absolute atomic E-state index is 9.04. The number of aliphatic hydroxyl groups is 1. The number of hydrogen-bond donors (Lipinski definition) is 2. The molecule has 2 N–H and O–H groups in total. The van der Waals surface area contributed by atoms with Gasteiger partial charge in [-0.15, -0.1) is 0 Å². The summed E-state index contributed by atoms with van der Waals surface area (Å²) in [5, 5.41) is 12.1. The first-order chi connectivity index (χ1) is 6.09. The molecule has 1 heterocycles. The molecule has 1 aromatic rings. The Hall–Kier alpha value is -0.610. The van der Waals surface area contributed by atoms with Crippen molar-refractivity contribution in [2.75, 3.05) is 11.9 Å². The number of aryl methyl sites for hydroxylation is 1. The number of aliphatic hydroxyl groups excluding tert-OH is 1. The predicted molar refractivity (Wildman–Crippen MR) is 56.8 cm³/mol. The van der Waals surface area contributed by atoms with Gasteiger partial charge in [0.1, 0.15) is 5.82 Å². The molecule has 0 unspecified atom stereocenters. The Bertz CT molecular complexity index is 289. The van der Waals surface area contributed by atoms with Gasteiger partial charge in [0.2, 0.25) is 0 Å². The summed E-state index contributed by atoms with van der Waals surface area (Å²) >= 11 is 3.37. The molecule has 0 fully saturated rings. The van der Waals surface area contributed by atoms with Crippen LogP contribution in [0.4, 0.5) is 5.82 Å². The van der Waals surface area contributed by atoms with Gasteiger partial charge < -0.3 is 10.4 Å². The van der Waals surface area contributed by atoms with Gasteiger partial charge in [-0.1, -0.05) is 0 Å². The summed E-state index contributed by atoms with van der Waals surface area (Å²) in [7, 11) is 0. The lowest BCUT2D eigenvalue weighted by Gasteiger charge is -2.08. The molecule has 0 aliphatic carbocycles. The van der Waals surface area contributed by atoms with Gasteiger partial charge in [-0.25, -0.2) is 4.98 Å². The highest BCUT2D eigenvalue weighted by Crippen LogP contribution is 2.15. The molecule has 1 atom stereocenters. The maximum Gasteiger partial charge on any atom is 0.126 e. The fourth-order valence-corrected chi connectivity index (χ4v) is 1.12. The van der Waals surface area contributed by atoms with Gasteiger partial charge in [0, 0.05) is 11.0 Å². The van der Waals surface area contributed by atoms with E-state index in [1.165, 1.54) is 0 Å². The lowest BCUT2D eigenvalue weighted by atomic mass is 10.3. The molecule has 0 bridgehead atoms. The molecule has 13 heavy (non-hydrogen) atoms. The van der Waals surface area contributed by atoms with Crippen LogP contribution < -0.4 is 5.32 Å². The van der Waals surface area contributed by atoms with Crippen molar-refractivity contribution in [2.45, 2.75) is 20.0 Å². The Morgan fingerprint density at radius 1 is 1.62 bits per heavy atom. The summed E-state index contributed by atoms with van der Waals surface area (Å²) in [5.74, 6) is 0.793. The minimum Gasteiger partial charge on any atom is -0.392 e. The monoisotopic (exact) mass is 244 g/mol. The molecule has 3 nitrogen and oxygen atoms in total. The van der Waals surface area contributed by atoms with Crippen LogP contribution in [0.1, 0.15) is 12.6 Å². The van der Waals surface area contributed by atoms with E-state index < -0.39 is 0 Å².